The summed E-state index contributed by atoms with van der Waals surface area (Å²) in [6, 6.07) is 7.87. The molecule has 6 nitrogen and oxygen atoms in total. The number of amides is 1. The Kier molecular flexibility index (Phi) is 3.88. The minimum Gasteiger partial charge on any atom is -0.480 e. The number of fused-ring (bicyclic) bond motifs is 1. The summed E-state index contributed by atoms with van der Waals surface area (Å²) < 4.78 is 8.37. The summed E-state index contributed by atoms with van der Waals surface area (Å²) >= 11 is 5.20. The molecule has 24 heavy (non-hydrogen) atoms. The summed E-state index contributed by atoms with van der Waals surface area (Å²) in [6.07, 6.45) is 2.24. The van der Waals surface area contributed by atoms with E-state index < -0.39 is 6.10 Å². The number of hydrogen-bond donors (Lipinski definition) is 1. The van der Waals surface area contributed by atoms with Crippen LogP contribution < -0.4 is 4.74 Å². The molecule has 0 aliphatic carbocycles. The highest BCUT2D eigenvalue weighted by Gasteiger charge is 2.35. The van der Waals surface area contributed by atoms with Crippen molar-refractivity contribution >= 4 is 18.1 Å². The summed E-state index contributed by atoms with van der Waals surface area (Å²) in [4.78, 5) is 14.8. The van der Waals surface area contributed by atoms with Crippen LogP contribution in [0.2, 0.25) is 0 Å². The third kappa shape index (κ3) is 2.62. The zero-order valence-electron chi connectivity index (χ0n) is 13.6. The SMILES string of the molecule is Cn1c([C@@H]2CCCN(C(=O)[C@@H]3Cc4ccccc4O3)C2)n[nH]c1=S. The van der Waals surface area contributed by atoms with Gasteiger partial charge in [-0.2, -0.15) is 5.10 Å². The van der Waals surface area contributed by atoms with Crippen LogP contribution in [0.3, 0.4) is 0 Å². The third-order valence-corrected chi connectivity index (χ3v) is 5.30. The fraction of sp³-hybridized carbons (Fsp3) is 0.471. The lowest BCUT2D eigenvalue weighted by atomic mass is 9.96. The second-order valence-corrected chi connectivity index (χ2v) is 6.87. The Balaban J connectivity index is 1.48. The van der Waals surface area contributed by atoms with Gasteiger partial charge in [-0.1, -0.05) is 18.2 Å². The maximum absolute atomic E-state index is 12.9. The Morgan fingerprint density at radius 2 is 2.25 bits per heavy atom. The zero-order chi connectivity index (χ0) is 16.7. The maximum Gasteiger partial charge on any atom is 0.264 e. The van der Waals surface area contributed by atoms with E-state index in [1.165, 1.54) is 0 Å². The number of nitrogens with zero attached hydrogens (tertiary/aromatic N) is 3. The number of rotatable bonds is 2. The van der Waals surface area contributed by atoms with Gasteiger partial charge in [0.1, 0.15) is 11.6 Å². The lowest BCUT2D eigenvalue weighted by Crippen LogP contribution is -2.46. The van der Waals surface area contributed by atoms with Crippen molar-refractivity contribution in [3.63, 3.8) is 0 Å². The van der Waals surface area contributed by atoms with Gasteiger partial charge in [-0.05, 0) is 36.7 Å². The van der Waals surface area contributed by atoms with Crippen molar-refractivity contribution in [1.29, 1.82) is 0 Å². The van der Waals surface area contributed by atoms with Crippen molar-refractivity contribution in [1.82, 2.24) is 19.7 Å². The van der Waals surface area contributed by atoms with Crippen LogP contribution in [0.1, 0.15) is 30.1 Å². The molecular formula is C17H20N4O2S. The van der Waals surface area contributed by atoms with Gasteiger partial charge in [-0.15, -0.1) is 0 Å². The van der Waals surface area contributed by atoms with E-state index in [2.05, 4.69) is 10.2 Å². The van der Waals surface area contributed by atoms with Crippen molar-refractivity contribution in [2.75, 3.05) is 13.1 Å². The summed E-state index contributed by atoms with van der Waals surface area (Å²) in [5, 5.41) is 7.17. The number of H-pyrrole nitrogens is 1. The van der Waals surface area contributed by atoms with Crippen LogP contribution in [-0.2, 0) is 18.3 Å². The standard InChI is InChI=1S/C17H20N4O2S/c1-20-15(18-19-17(20)24)12-6-4-8-21(10-12)16(22)14-9-11-5-2-3-7-13(11)23-14/h2-3,5,7,12,14H,4,6,8-10H2,1H3,(H,19,24)/t12-,14+/m1/s1. The van der Waals surface area contributed by atoms with Crippen LogP contribution in [0.4, 0.5) is 0 Å². The van der Waals surface area contributed by atoms with Crippen LogP contribution in [-0.4, -0.2) is 44.8 Å². The predicted octanol–water partition coefficient (Wildman–Crippen LogP) is 2.19. The molecule has 2 atom stereocenters. The number of carbonyl (C=O) groups is 1. The van der Waals surface area contributed by atoms with Crippen molar-refractivity contribution in [2.45, 2.75) is 31.3 Å². The normalized spacial score (nSPS) is 23.0. The van der Waals surface area contributed by atoms with Crippen molar-refractivity contribution in [3.05, 3.63) is 40.4 Å². The number of aromatic amines is 1. The van der Waals surface area contributed by atoms with E-state index in [-0.39, 0.29) is 11.8 Å². The zero-order valence-corrected chi connectivity index (χ0v) is 14.4. The average molecular weight is 344 g/mol. The van der Waals surface area contributed by atoms with Crippen LogP contribution in [0.15, 0.2) is 24.3 Å². The Morgan fingerprint density at radius 3 is 3.00 bits per heavy atom. The molecule has 4 rings (SSSR count). The molecule has 1 N–H and O–H groups in total. The van der Waals surface area contributed by atoms with Gasteiger partial charge in [0, 0.05) is 32.5 Å². The van der Waals surface area contributed by atoms with E-state index in [4.69, 9.17) is 17.0 Å². The highest BCUT2D eigenvalue weighted by atomic mass is 32.1. The maximum atomic E-state index is 12.9. The summed E-state index contributed by atoms with van der Waals surface area (Å²) in [5.41, 5.74) is 1.11. The Hall–Kier alpha value is -2.15. The summed E-state index contributed by atoms with van der Waals surface area (Å²) in [5.74, 6) is 2.05. The van der Waals surface area contributed by atoms with Crippen LogP contribution >= 0.6 is 12.2 Å². The molecule has 7 heteroatoms. The molecule has 0 saturated carbocycles. The Morgan fingerprint density at radius 1 is 1.42 bits per heavy atom. The molecule has 1 aromatic carbocycles. The average Bonchev–Trinajstić information content (AvgIpc) is 3.18. The lowest BCUT2D eigenvalue weighted by Gasteiger charge is -2.33. The van der Waals surface area contributed by atoms with Crippen molar-refractivity contribution in [3.8, 4) is 5.75 Å². The summed E-state index contributed by atoms with van der Waals surface area (Å²) in [6.45, 7) is 1.45. The van der Waals surface area contributed by atoms with Crippen LogP contribution in [0.25, 0.3) is 0 Å². The van der Waals surface area contributed by atoms with E-state index in [1.807, 2.05) is 40.8 Å². The van der Waals surface area contributed by atoms with E-state index in [9.17, 15) is 4.79 Å². The van der Waals surface area contributed by atoms with Gasteiger partial charge >= 0.3 is 0 Å². The minimum atomic E-state index is -0.399. The number of carbonyl (C=O) groups excluding carboxylic acids is 1. The largest absolute Gasteiger partial charge is 0.480 e. The molecule has 1 fully saturated rings. The van der Waals surface area contributed by atoms with E-state index in [0.29, 0.717) is 17.7 Å². The number of hydrogen-bond acceptors (Lipinski definition) is 4. The number of piperidine rings is 1. The summed E-state index contributed by atoms with van der Waals surface area (Å²) in [7, 11) is 1.92. The van der Waals surface area contributed by atoms with E-state index in [0.717, 1.165) is 36.5 Å². The first-order valence-corrected chi connectivity index (χ1v) is 8.69. The smallest absolute Gasteiger partial charge is 0.264 e. The molecule has 1 amide bonds. The minimum absolute atomic E-state index is 0.0766. The number of nitrogens with one attached hydrogen (secondary N) is 1. The highest BCUT2D eigenvalue weighted by molar-refractivity contribution is 7.71. The number of likely N-dealkylation sites (tertiary alicyclic amines) is 1. The molecular weight excluding hydrogens is 324 g/mol. The molecule has 2 aliphatic heterocycles. The van der Waals surface area contributed by atoms with Gasteiger partial charge in [0.05, 0.1) is 0 Å². The third-order valence-electron chi connectivity index (χ3n) is 4.94. The lowest BCUT2D eigenvalue weighted by molar-refractivity contribution is -0.139. The molecule has 0 bridgehead atoms. The van der Waals surface area contributed by atoms with Crippen molar-refractivity contribution in [2.24, 2.45) is 7.05 Å². The number of ether oxygens (including phenoxy) is 1. The van der Waals surface area contributed by atoms with Gasteiger partial charge in [-0.25, -0.2) is 0 Å². The first-order valence-electron chi connectivity index (χ1n) is 8.28. The molecule has 1 saturated heterocycles. The number of aromatic nitrogens is 3. The second kappa shape index (κ2) is 6.05. The van der Waals surface area contributed by atoms with Crippen LogP contribution in [0, 0.1) is 4.77 Å². The fourth-order valence-electron chi connectivity index (χ4n) is 3.64. The molecule has 2 aromatic rings. The highest BCUT2D eigenvalue weighted by Crippen LogP contribution is 2.31. The Labute approximate surface area is 145 Å². The number of para-hydroxylation sites is 1. The van der Waals surface area contributed by atoms with Crippen LogP contribution in [0.5, 0.6) is 5.75 Å². The van der Waals surface area contributed by atoms with Crippen molar-refractivity contribution < 1.29 is 9.53 Å². The molecule has 2 aliphatic rings. The topological polar surface area (TPSA) is 63.1 Å². The molecule has 0 unspecified atom stereocenters. The fourth-order valence-corrected chi connectivity index (χ4v) is 3.77. The monoisotopic (exact) mass is 344 g/mol. The predicted molar refractivity (Wildman–Crippen MR) is 91.5 cm³/mol. The quantitative estimate of drug-likeness (QED) is 0.848. The van der Waals surface area contributed by atoms with E-state index in [1.54, 1.807) is 0 Å². The molecule has 3 heterocycles. The Bertz CT molecular complexity index is 803. The van der Waals surface area contributed by atoms with Gasteiger partial charge in [0.15, 0.2) is 10.9 Å². The van der Waals surface area contributed by atoms with Gasteiger partial charge in [0.25, 0.3) is 5.91 Å². The number of benzene rings is 1. The van der Waals surface area contributed by atoms with E-state index >= 15 is 0 Å². The first-order chi connectivity index (χ1) is 11.6. The second-order valence-electron chi connectivity index (χ2n) is 6.49. The first kappa shape index (κ1) is 15.4. The van der Waals surface area contributed by atoms with Gasteiger partial charge < -0.3 is 14.2 Å². The van der Waals surface area contributed by atoms with Gasteiger partial charge in [0.2, 0.25) is 0 Å². The van der Waals surface area contributed by atoms with Gasteiger partial charge in [-0.3, -0.25) is 9.89 Å². The molecule has 0 radical (unpaired) electrons. The molecule has 126 valence electrons. The molecule has 1 aromatic heterocycles. The molecule has 0 spiro atoms.